The standard InChI is InChI=1S/C22H31N7O2/c1-4-5-15(2)26-21-20-18(27-22(23)28-21)12-25-29(19(20)14-30)13-16-6-8-17(9-7-16)31-11-10-24-3/h6-9,12,14-15,19,24H,4-5,10-11,13H2,1-3H3,(H3,23,26,27,28)/t15?,19-/m0/s1. The summed E-state index contributed by atoms with van der Waals surface area (Å²) in [5.74, 6) is 1.55. The Kier molecular flexibility index (Phi) is 7.77. The van der Waals surface area contributed by atoms with Gasteiger partial charge in [-0.1, -0.05) is 25.5 Å². The Balaban J connectivity index is 1.80. The predicted octanol–water partition coefficient (Wildman–Crippen LogP) is 2.35. The third-order valence-corrected chi connectivity index (χ3v) is 5.06. The zero-order valence-corrected chi connectivity index (χ0v) is 18.3. The number of hydrogen-bond donors (Lipinski definition) is 3. The summed E-state index contributed by atoms with van der Waals surface area (Å²) in [7, 11) is 1.89. The van der Waals surface area contributed by atoms with Crippen molar-refractivity contribution in [2.75, 3.05) is 31.2 Å². The highest BCUT2D eigenvalue weighted by atomic mass is 16.5. The fourth-order valence-corrected chi connectivity index (χ4v) is 3.52. The van der Waals surface area contributed by atoms with Gasteiger partial charge in [-0.2, -0.15) is 10.1 Å². The molecule has 0 bridgehead atoms. The Morgan fingerprint density at radius 3 is 2.74 bits per heavy atom. The lowest BCUT2D eigenvalue weighted by atomic mass is 10.0. The van der Waals surface area contributed by atoms with E-state index in [9.17, 15) is 4.79 Å². The molecule has 3 rings (SSSR count). The first-order valence-corrected chi connectivity index (χ1v) is 10.6. The molecule has 2 heterocycles. The summed E-state index contributed by atoms with van der Waals surface area (Å²) < 4.78 is 5.67. The first-order valence-electron chi connectivity index (χ1n) is 10.6. The Labute approximate surface area is 183 Å². The second-order valence-corrected chi connectivity index (χ2v) is 7.58. The maximum atomic E-state index is 12.1. The van der Waals surface area contributed by atoms with E-state index in [1.165, 1.54) is 0 Å². The Morgan fingerprint density at radius 1 is 1.29 bits per heavy atom. The van der Waals surface area contributed by atoms with Crippen LogP contribution in [-0.4, -0.2) is 53.7 Å². The fourth-order valence-electron chi connectivity index (χ4n) is 3.52. The summed E-state index contributed by atoms with van der Waals surface area (Å²) in [6.45, 7) is 6.06. The zero-order valence-electron chi connectivity index (χ0n) is 18.3. The number of carbonyl (C=O) groups is 1. The molecule has 0 spiro atoms. The molecule has 0 fully saturated rings. The first kappa shape index (κ1) is 22.5. The third-order valence-electron chi connectivity index (χ3n) is 5.06. The molecular formula is C22H31N7O2. The molecule has 1 aromatic heterocycles. The molecule has 0 saturated carbocycles. The summed E-state index contributed by atoms with van der Waals surface area (Å²) in [6.07, 6.45) is 4.53. The topological polar surface area (TPSA) is 118 Å². The van der Waals surface area contributed by atoms with E-state index in [-0.39, 0.29) is 12.0 Å². The van der Waals surface area contributed by atoms with Crippen molar-refractivity contribution < 1.29 is 9.53 Å². The van der Waals surface area contributed by atoms with Crippen LogP contribution in [0.25, 0.3) is 0 Å². The molecule has 1 aliphatic heterocycles. The van der Waals surface area contributed by atoms with Crippen LogP contribution in [0.3, 0.4) is 0 Å². The number of nitrogens with one attached hydrogen (secondary N) is 2. The highest BCUT2D eigenvalue weighted by Gasteiger charge is 2.30. The van der Waals surface area contributed by atoms with Gasteiger partial charge in [0.15, 0.2) is 0 Å². The van der Waals surface area contributed by atoms with Crippen LogP contribution in [0, 0.1) is 0 Å². The van der Waals surface area contributed by atoms with Crippen molar-refractivity contribution in [3.8, 4) is 5.75 Å². The molecule has 0 aliphatic carbocycles. The molecule has 0 saturated heterocycles. The van der Waals surface area contributed by atoms with Gasteiger partial charge in [-0.05, 0) is 38.1 Å². The average molecular weight is 426 g/mol. The van der Waals surface area contributed by atoms with Gasteiger partial charge >= 0.3 is 0 Å². The van der Waals surface area contributed by atoms with Crippen molar-refractivity contribution in [3.63, 3.8) is 0 Å². The van der Waals surface area contributed by atoms with Gasteiger partial charge in [0.25, 0.3) is 0 Å². The molecule has 1 aromatic carbocycles. The monoisotopic (exact) mass is 425 g/mol. The molecule has 9 heteroatoms. The van der Waals surface area contributed by atoms with Crippen LogP contribution in [0.5, 0.6) is 5.75 Å². The molecule has 4 N–H and O–H groups in total. The van der Waals surface area contributed by atoms with Gasteiger partial charge in [-0.3, -0.25) is 5.01 Å². The number of nitrogens with two attached hydrogens (primary N) is 1. The number of likely N-dealkylation sites (N-methyl/N-ethyl adjacent to an activating group) is 1. The number of nitrogens with zero attached hydrogens (tertiary/aromatic N) is 4. The van der Waals surface area contributed by atoms with Crippen LogP contribution in [0.2, 0.25) is 0 Å². The van der Waals surface area contributed by atoms with Gasteiger partial charge < -0.3 is 25.9 Å². The van der Waals surface area contributed by atoms with Gasteiger partial charge in [0, 0.05) is 12.6 Å². The van der Waals surface area contributed by atoms with E-state index in [0.717, 1.165) is 37.0 Å². The molecule has 2 aromatic rings. The first-order chi connectivity index (χ1) is 15.0. The van der Waals surface area contributed by atoms with Crippen molar-refractivity contribution in [2.45, 2.75) is 45.3 Å². The van der Waals surface area contributed by atoms with Crippen molar-refractivity contribution in [1.82, 2.24) is 20.3 Å². The number of nitrogen functional groups attached to an aromatic ring is 1. The lowest BCUT2D eigenvalue weighted by Crippen LogP contribution is -2.32. The number of benzene rings is 1. The van der Waals surface area contributed by atoms with E-state index in [0.29, 0.717) is 30.2 Å². The van der Waals surface area contributed by atoms with Gasteiger partial charge in [-0.25, -0.2) is 4.98 Å². The number of ether oxygens (including phenoxy) is 1. The molecule has 0 amide bonds. The van der Waals surface area contributed by atoms with Crippen molar-refractivity contribution in [3.05, 3.63) is 41.1 Å². The lowest BCUT2D eigenvalue weighted by molar-refractivity contribution is -0.112. The molecule has 0 radical (unpaired) electrons. The Morgan fingerprint density at radius 2 is 2.06 bits per heavy atom. The normalized spacial score (nSPS) is 16.0. The van der Waals surface area contributed by atoms with E-state index < -0.39 is 6.04 Å². The lowest BCUT2D eigenvalue weighted by Gasteiger charge is -2.31. The fraction of sp³-hybridized carbons (Fsp3) is 0.455. The van der Waals surface area contributed by atoms with Crippen molar-refractivity contribution in [1.29, 1.82) is 0 Å². The van der Waals surface area contributed by atoms with E-state index in [1.807, 2.05) is 31.3 Å². The average Bonchev–Trinajstić information content (AvgIpc) is 2.75. The number of rotatable bonds is 11. The summed E-state index contributed by atoms with van der Waals surface area (Å²) in [6, 6.07) is 7.38. The molecular weight excluding hydrogens is 394 g/mol. The van der Waals surface area contributed by atoms with E-state index in [4.69, 9.17) is 10.5 Å². The Hall–Kier alpha value is -3.20. The highest BCUT2D eigenvalue weighted by Crippen LogP contribution is 2.32. The van der Waals surface area contributed by atoms with Gasteiger partial charge in [0.2, 0.25) is 5.95 Å². The molecule has 31 heavy (non-hydrogen) atoms. The minimum Gasteiger partial charge on any atom is -0.492 e. The largest absolute Gasteiger partial charge is 0.492 e. The van der Waals surface area contributed by atoms with E-state index in [1.54, 1.807) is 11.2 Å². The number of aromatic nitrogens is 2. The summed E-state index contributed by atoms with van der Waals surface area (Å²) in [4.78, 5) is 20.8. The van der Waals surface area contributed by atoms with Crippen LogP contribution in [0.4, 0.5) is 11.8 Å². The molecule has 2 atom stereocenters. The second kappa shape index (κ2) is 10.7. The quantitative estimate of drug-likeness (QED) is 0.371. The second-order valence-electron chi connectivity index (χ2n) is 7.58. The number of carbonyl (C=O) groups excluding carboxylic acids is 1. The minimum atomic E-state index is -0.608. The molecule has 9 nitrogen and oxygen atoms in total. The number of fused-ring (bicyclic) bond motifs is 1. The van der Waals surface area contributed by atoms with E-state index >= 15 is 0 Å². The maximum Gasteiger partial charge on any atom is 0.222 e. The molecule has 1 unspecified atom stereocenters. The molecule has 166 valence electrons. The summed E-state index contributed by atoms with van der Waals surface area (Å²) in [5.41, 5.74) is 8.18. The van der Waals surface area contributed by atoms with Crippen molar-refractivity contribution in [2.24, 2.45) is 5.10 Å². The summed E-state index contributed by atoms with van der Waals surface area (Å²) in [5, 5.41) is 12.6. The maximum absolute atomic E-state index is 12.1. The van der Waals surface area contributed by atoms with Gasteiger partial charge in [0.05, 0.1) is 24.0 Å². The smallest absolute Gasteiger partial charge is 0.222 e. The third kappa shape index (κ3) is 5.69. The van der Waals surface area contributed by atoms with Crippen LogP contribution < -0.4 is 21.1 Å². The predicted molar refractivity (Wildman–Crippen MR) is 122 cm³/mol. The van der Waals surface area contributed by atoms with Crippen LogP contribution in [-0.2, 0) is 11.3 Å². The molecule has 1 aliphatic rings. The van der Waals surface area contributed by atoms with Crippen LogP contribution >= 0.6 is 0 Å². The van der Waals surface area contributed by atoms with Gasteiger partial charge in [0.1, 0.15) is 30.5 Å². The minimum absolute atomic E-state index is 0.156. The summed E-state index contributed by atoms with van der Waals surface area (Å²) >= 11 is 0. The number of anilines is 2. The van der Waals surface area contributed by atoms with Crippen LogP contribution in [0.1, 0.15) is 49.6 Å². The Bertz CT molecular complexity index is 901. The van der Waals surface area contributed by atoms with Gasteiger partial charge in [-0.15, -0.1) is 0 Å². The number of aldehydes is 1. The van der Waals surface area contributed by atoms with Crippen LogP contribution in [0.15, 0.2) is 29.4 Å². The zero-order chi connectivity index (χ0) is 22.2. The number of hydrogen-bond acceptors (Lipinski definition) is 9. The SMILES string of the molecule is CCCC(C)Nc1nc(N)nc2c1[C@H](C=O)N(Cc1ccc(OCCNC)cc1)N=C2. The number of hydrazone groups is 1. The highest BCUT2D eigenvalue weighted by molar-refractivity contribution is 5.86. The van der Waals surface area contributed by atoms with Crippen molar-refractivity contribution >= 4 is 24.3 Å². The van der Waals surface area contributed by atoms with E-state index in [2.05, 4.69) is 39.6 Å².